The maximum Gasteiger partial charge on any atom is 0.0397 e. The number of hydrogen-bond donors (Lipinski definition) is 1. The fourth-order valence-corrected chi connectivity index (χ4v) is 3.09. The van der Waals surface area contributed by atoms with Crippen LogP contribution in [0, 0.1) is 5.92 Å². The molecule has 0 spiro atoms. The third-order valence-electron chi connectivity index (χ3n) is 4.82. The van der Waals surface area contributed by atoms with Crippen molar-refractivity contribution in [2.75, 3.05) is 18.5 Å². The van der Waals surface area contributed by atoms with Crippen LogP contribution in [0.5, 0.6) is 0 Å². The third-order valence-corrected chi connectivity index (χ3v) is 4.82. The summed E-state index contributed by atoms with van der Waals surface area (Å²) in [5.41, 5.74) is 12.9. The van der Waals surface area contributed by atoms with Gasteiger partial charge in [0.25, 0.3) is 0 Å². The van der Waals surface area contributed by atoms with E-state index in [0.717, 1.165) is 19.4 Å². The first-order chi connectivity index (χ1) is 10.5. The molecule has 0 saturated carbocycles. The Balaban J connectivity index is 1.79. The third kappa shape index (κ3) is 3.02. The van der Waals surface area contributed by atoms with E-state index >= 15 is 0 Å². The smallest absolute Gasteiger partial charge is 0.0397 e. The van der Waals surface area contributed by atoms with Crippen LogP contribution in [0.4, 0.5) is 5.69 Å². The molecule has 2 aromatic rings. The van der Waals surface area contributed by atoms with Gasteiger partial charge in [0.1, 0.15) is 0 Å². The fraction of sp³-hybridized carbons (Fsp3) is 0.400. The number of fused-ring (bicyclic) bond motifs is 1. The summed E-state index contributed by atoms with van der Waals surface area (Å²) in [5, 5.41) is 0. The Morgan fingerprint density at radius 2 is 1.73 bits per heavy atom. The van der Waals surface area contributed by atoms with Crippen molar-refractivity contribution in [3.05, 3.63) is 53.6 Å². The fourth-order valence-electron chi connectivity index (χ4n) is 3.09. The lowest BCUT2D eigenvalue weighted by Crippen LogP contribution is -2.28. The number of rotatable bonds is 4. The van der Waals surface area contributed by atoms with Gasteiger partial charge in [-0.3, -0.25) is 0 Å². The van der Waals surface area contributed by atoms with Gasteiger partial charge in [-0.25, -0.2) is 0 Å². The molecule has 2 N–H and O–H groups in total. The van der Waals surface area contributed by atoms with Crippen molar-refractivity contribution in [1.82, 2.24) is 0 Å². The van der Waals surface area contributed by atoms with E-state index in [-0.39, 0.29) is 6.04 Å². The molecular formula is C20H26N2. The zero-order valence-corrected chi connectivity index (χ0v) is 13.8. The number of anilines is 1. The summed E-state index contributed by atoms with van der Waals surface area (Å²) in [7, 11) is 2.16. The van der Waals surface area contributed by atoms with Gasteiger partial charge < -0.3 is 10.6 Å². The number of hydrogen-bond acceptors (Lipinski definition) is 2. The van der Waals surface area contributed by atoms with Crippen molar-refractivity contribution in [2.24, 2.45) is 11.7 Å². The quantitative estimate of drug-likeness (QED) is 0.927. The molecule has 116 valence electrons. The number of nitrogens with zero attached hydrogens (tertiary/aromatic N) is 1. The van der Waals surface area contributed by atoms with Gasteiger partial charge in [0.15, 0.2) is 0 Å². The molecule has 2 heteroatoms. The predicted octanol–water partition coefficient (Wildman–Crippen LogP) is 3.87. The van der Waals surface area contributed by atoms with Crippen molar-refractivity contribution in [1.29, 1.82) is 0 Å². The molecule has 1 heterocycles. The summed E-state index contributed by atoms with van der Waals surface area (Å²) < 4.78 is 0. The molecule has 0 amide bonds. The van der Waals surface area contributed by atoms with E-state index in [9.17, 15) is 0 Å². The molecule has 3 rings (SSSR count). The molecule has 2 nitrogen and oxygen atoms in total. The van der Waals surface area contributed by atoms with Gasteiger partial charge in [-0.2, -0.15) is 0 Å². The van der Waals surface area contributed by atoms with Crippen LogP contribution >= 0.6 is 0 Å². The molecule has 0 aliphatic carbocycles. The van der Waals surface area contributed by atoms with Crippen LogP contribution < -0.4 is 10.6 Å². The Bertz CT molecular complexity index is 643. The van der Waals surface area contributed by atoms with E-state index in [1.54, 1.807) is 0 Å². The minimum atomic E-state index is 0.237. The van der Waals surface area contributed by atoms with Gasteiger partial charge in [0.05, 0.1) is 0 Å². The molecule has 1 unspecified atom stereocenters. The minimum Gasteiger partial charge on any atom is -0.374 e. The van der Waals surface area contributed by atoms with Crippen molar-refractivity contribution >= 4 is 5.69 Å². The van der Waals surface area contributed by atoms with Gasteiger partial charge in [-0.1, -0.05) is 44.2 Å². The maximum absolute atomic E-state index is 6.17. The lowest BCUT2D eigenvalue weighted by Gasteiger charge is -2.16. The molecule has 22 heavy (non-hydrogen) atoms. The predicted molar refractivity (Wildman–Crippen MR) is 95.4 cm³/mol. The van der Waals surface area contributed by atoms with Crippen LogP contribution in [0.25, 0.3) is 11.1 Å². The molecule has 0 aromatic heterocycles. The summed E-state index contributed by atoms with van der Waals surface area (Å²) in [5.74, 6) is 0.522. The van der Waals surface area contributed by atoms with Gasteiger partial charge in [0, 0.05) is 25.3 Å². The lowest BCUT2D eigenvalue weighted by molar-refractivity contribution is 0.490. The standard InChI is InChI=1S/C20H26N2/c1-14(2)19(21)12-15-4-6-16(7-5-15)17-8-9-20-18(13-17)10-11-22(20)3/h4-9,13-14,19H,10-12,21H2,1-3H3. The second-order valence-corrected chi connectivity index (χ2v) is 6.82. The van der Waals surface area contributed by atoms with E-state index in [1.165, 1.54) is 27.9 Å². The summed E-state index contributed by atoms with van der Waals surface area (Å²) >= 11 is 0. The maximum atomic E-state index is 6.17. The van der Waals surface area contributed by atoms with Gasteiger partial charge in [0.2, 0.25) is 0 Å². The highest BCUT2D eigenvalue weighted by molar-refractivity contribution is 5.70. The molecule has 2 aromatic carbocycles. The second-order valence-electron chi connectivity index (χ2n) is 6.82. The molecule has 1 atom stereocenters. The van der Waals surface area contributed by atoms with Crippen molar-refractivity contribution in [3.8, 4) is 11.1 Å². The average molecular weight is 294 g/mol. The van der Waals surface area contributed by atoms with Gasteiger partial charge >= 0.3 is 0 Å². The molecule has 1 aliphatic heterocycles. The summed E-state index contributed by atoms with van der Waals surface area (Å²) in [6.07, 6.45) is 2.11. The SMILES string of the molecule is CC(C)C(N)Cc1ccc(-c2ccc3c(c2)CCN3C)cc1. The summed E-state index contributed by atoms with van der Waals surface area (Å²) in [4.78, 5) is 2.33. The van der Waals surface area contributed by atoms with Crippen LogP contribution in [0.3, 0.4) is 0 Å². The van der Waals surface area contributed by atoms with E-state index < -0.39 is 0 Å². The van der Waals surface area contributed by atoms with Crippen LogP contribution in [0.15, 0.2) is 42.5 Å². The number of nitrogens with two attached hydrogens (primary N) is 1. The Morgan fingerprint density at radius 3 is 2.41 bits per heavy atom. The van der Waals surface area contributed by atoms with Crippen LogP contribution in [0.1, 0.15) is 25.0 Å². The highest BCUT2D eigenvalue weighted by Crippen LogP contribution is 2.31. The normalized spacial score (nSPS) is 15.2. The van der Waals surface area contributed by atoms with E-state index in [4.69, 9.17) is 5.73 Å². The number of likely N-dealkylation sites (N-methyl/N-ethyl adjacent to an activating group) is 1. The van der Waals surface area contributed by atoms with Crippen LogP contribution in [-0.2, 0) is 12.8 Å². The Kier molecular flexibility index (Phi) is 4.21. The van der Waals surface area contributed by atoms with Crippen molar-refractivity contribution in [2.45, 2.75) is 32.7 Å². The first-order valence-corrected chi connectivity index (χ1v) is 8.23. The second kappa shape index (κ2) is 6.13. The topological polar surface area (TPSA) is 29.3 Å². The number of benzene rings is 2. The molecule has 1 aliphatic rings. The van der Waals surface area contributed by atoms with E-state index in [2.05, 4.69) is 68.3 Å². The summed E-state index contributed by atoms with van der Waals surface area (Å²) in [6, 6.07) is 15.9. The largest absolute Gasteiger partial charge is 0.374 e. The highest BCUT2D eigenvalue weighted by atomic mass is 15.1. The molecular weight excluding hydrogens is 268 g/mol. The average Bonchev–Trinajstić information content (AvgIpc) is 2.89. The van der Waals surface area contributed by atoms with Crippen LogP contribution in [-0.4, -0.2) is 19.6 Å². The zero-order chi connectivity index (χ0) is 15.7. The van der Waals surface area contributed by atoms with Gasteiger partial charge in [-0.15, -0.1) is 0 Å². The molecule has 0 fully saturated rings. The first-order valence-electron chi connectivity index (χ1n) is 8.23. The Hall–Kier alpha value is -1.80. The summed E-state index contributed by atoms with van der Waals surface area (Å²) in [6.45, 7) is 5.49. The van der Waals surface area contributed by atoms with E-state index in [0.29, 0.717) is 5.92 Å². The highest BCUT2D eigenvalue weighted by Gasteiger charge is 2.16. The zero-order valence-electron chi connectivity index (χ0n) is 13.8. The molecule has 0 radical (unpaired) electrons. The Morgan fingerprint density at radius 1 is 1.05 bits per heavy atom. The minimum absolute atomic E-state index is 0.237. The lowest BCUT2D eigenvalue weighted by atomic mass is 9.95. The van der Waals surface area contributed by atoms with Gasteiger partial charge in [-0.05, 0) is 53.1 Å². The van der Waals surface area contributed by atoms with Crippen molar-refractivity contribution < 1.29 is 0 Å². The monoisotopic (exact) mass is 294 g/mol. The van der Waals surface area contributed by atoms with E-state index in [1.807, 2.05) is 0 Å². The Labute approximate surface area is 134 Å². The van der Waals surface area contributed by atoms with Crippen LogP contribution in [0.2, 0.25) is 0 Å². The molecule has 0 saturated heterocycles. The first kappa shape index (κ1) is 15.1. The molecule has 0 bridgehead atoms. The van der Waals surface area contributed by atoms with Crippen molar-refractivity contribution in [3.63, 3.8) is 0 Å².